The minimum atomic E-state index is 0.0544. The van der Waals surface area contributed by atoms with Crippen LogP contribution in [0.2, 0.25) is 4.34 Å². The largest absolute Gasteiger partial charge is 0.308 e. The molecule has 0 aliphatic rings. The van der Waals surface area contributed by atoms with Crippen LogP contribution in [0.1, 0.15) is 16.0 Å². The number of aromatic nitrogens is 1. The predicted molar refractivity (Wildman–Crippen MR) is 113 cm³/mol. The molecule has 0 bridgehead atoms. The second-order valence-corrected chi connectivity index (χ2v) is 9.43. The van der Waals surface area contributed by atoms with Crippen LogP contribution in [-0.2, 0) is 11.2 Å². The molecule has 4 nitrogen and oxygen atoms in total. The molecule has 0 unspecified atom stereocenters. The lowest BCUT2D eigenvalue weighted by molar-refractivity contribution is -0.118. The number of likely N-dealkylation sites (N-methyl/N-ethyl adjacent to an activating group) is 1. The first kappa shape index (κ1) is 19.3. The van der Waals surface area contributed by atoms with Crippen LogP contribution in [0.4, 0.5) is 5.13 Å². The third kappa shape index (κ3) is 4.43. The van der Waals surface area contributed by atoms with Gasteiger partial charge in [-0.25, -0.2) is 4.98 Å². The molecule has 0 N–H and O–H groups in total. The average Bonchev–Trinajstić information content (AvgIpc) is 3.13. The zero-order chi connectivity index (χ0) is 18.8. The summed E-state index contributed by atoms with van der Waals surface area (Å²) in [6, 6.07) is 7.99. The predicted octanol–water partition coefficient (Wildman–Crippen LogP) is 4.77. The number of thiophene rings is 1. The number of benzene rings is 1. The van der Waals surface area contributed by atoms with Crippen LogP contribution in [0.15, 0.2) is 24.3 Å². The van der Waals surface area contributed by atoms with Gasteiger partial charge in [-0.15, -0.1) is 11.3 Å². The Morgan fingerprint density at radius 3 is 2.58 bits per heavy atom. The van der Waals surface area contributed by atoms with Crippen LogP contribution in [0.5, 0.6) is 0 Å². The normalized spacial score (nSPS) is 11.5. The molecule has 1 amide bonds. The zero-order valence-electron chi connectivity index (χ0n) is 15.4. The fourth-order valence-corrected chi connectivity index (χ4v) is 4.94. The van der Waals surface area contributed by atoms with Crippen molar-refractivity contribution in [3.8, 4) is 0 Å². The molecule has 26 heavy (non-hydrogen) atoms. The van der Waals surface area contributed by atoms with Gasteiger partial charge in [0, 0.05) is 18.0 Å². The van der Waals surface area contributed by atoms with Crippen LogP contribution in [0.3, 0.4) is 0 Å². The number of nitrogens with zero attached hydrogens (tertiary/aromatic N) is 3. The van der Waals surface area contributed by atoms with Crippen molar-refractivity contribution in [1.82, 2.24) is 9.88 Å². The van der Waals surface area contributed by atoms with Gasteiger partial charge < -0.3 is 4.90 Å². The van der Waals surface area contributed by atoms with E-state index < -0.39 is 0 Å². The van der Waals surface area contributed by atoms with Crippen molar-refractivity contribution >= 4 is 55.5 Å². The number of thiazole rings is 1. The number of hydrogen-bond acceptors (Lipinski definition) is 5. The molecular formula is C19H22ClN3OS2. The van der Waals surface area contributed by atoms with E-state index in [2.05, 4.69) is 30.9 Å². The lowest BCUT2D eigenvalue weighted by Gasteiger charge is -2.21. The summed E-state index contributed by atoms with van der Waals surface area (Å²) in [5.74, 6) is 0.0544. The molecule has 0 atom stereocenters. The summed E-state index contributed by atoms with van der Waals surface area (Å²) in [5.41, 5.74) is 3.35. The van der Waals surface area contributed by atoms with Crippen LogP contribution >= 0.6 is 34.3 Å². The first-order chi connectivity index (χ1) is 12.3. The highest BCUT2D eigenvalue weighted by Crippen LogP contribution is 2.32. The summed E-state index contributed by atoms with van der Waals surface area (Å²) in [5, 5.41) is 0.767. The van der Waals surface area contributed by atoms with E-state index in [0.717, 1.165) is 26.8 Å². The van der Waals surface area contributed by atoms with E-state index in [1.54, 1.807) is 11.3 Å². The third-order valence-corrected chi connectivity index (χ3v) is 6.53. The van der Waals surface area contributed by atoms with E-state index in [0.29, 0.717) is 17.3 Å². The molecule has 138 valence electrons. The maximum Gasteiger partial charge on any atom is 0.234 e. The van der Waals surface area contributed by atoms with Crippen molar-refractivity contribution in [3.05, 3.63) is 44.6 Å². The Balaban J connectivity index is 1.92. The highest BCUT2D eigenvalue weighted by molar-refractivity contribution is 7.22. The van der Waals surface area contributed by atoms with Crippen molar-refractivity contribution in [2.75, 3.05) is 32.1 Å². The van der Waals surface area contributed by atoms with Gasteiger partial charge in [0.1, 0.15) is 0 Å². The van der Waals surface area contributed by atoms with Crippen molar-refractivity contribution < 1.29 is 4.79 Å². The lowest BCUT2D eigenvalue weighted by Crippen LogP contribution is -2.37. The van der Waals surface area contributed by atoms with E-state index >= 15 is 0 Å². The summed E-state index contributed by atoms with van der Waals surface area (Å²) in [4.78, 5) is 22.6. The van der Waals surface area contributed by atoms with Gasteiger partial charge in [0.05, 0.1) is 21.0 Å². The first-order valence-corrected chi connectivity index (χ1v) is 10.4. The molecule has 7 heteroatoms. The fourth-order valence-electron chi connectivity index (χ4n) is 2.80. The maximum atomic E-state index is 13.0. The number of fused-ring (bicyclic) bond motifs is 1. The number of aryl methyl sites for hydroxylation is 2. The minimum absolute atomic E-state index is 0.0544. The summed E-state index contributed by atoms with van der Waals surface area (Å²) in [6.07, 6.45) is 0.346. The van der Waals surface area contributed by atoms with Gasteiger partial charge in [-0.1, -0.05) is 29.0 Å². The highest BCUT2D eigenvalue weighted by Gasteiger charge is 2.21. The summed E-state index contributed by atoms with van der Waals surface area (Å²) < 4.78 is 1.85. The Bertz CT molecular complexity index is 932. The SMILES string of the molecule is Cc1cc(C)c2sc(N(CCN(C)C)C(=O)Cc3ccc(Cl)s3)nc2c1. The van der Waals surface area contributed by atoms with Gasteiger partial charge in [0.2, 0.25) is 5.91 Å². The number of carbonyl (C=O) groups is 1. The lowest BCUT2D eigenvalue weighted by atomic mass is 10.1. The number of halogens is 1. The van der Waals surface area contributed by atoms with Crippen LogP contribution < -0.4 is 4.90 Å². The summed E-state index contributed by atoms with van der Waals surface area (Å²) in [6.45, 7) is 5.56. The third-order valence-electron chi connectivity index (χ3n) is 4.07. The van der Waals surface area contributed by atoms with Crippen molar-refractivity contribution in [2.24, 2.45) is 0 Å². The standard InChI is InChI=1S/C19H22ClN3OS2/c1-12-9-13(2)18-15(10-12)21-19(26-18)23(8-7-22(3)4)17(24)11-14-5-6-16(20)25-14/h5-6,9-10H,7-8,11H2,1-4H3. The molecule has 0 saturated carbocycles. The Morgan fingerprint density at radius 1 is 1.15 bits per heavy atom. The molecule has 2 aromatic heterocycles. The van der Waals surface area contributed by atoms with Gasteiger partial charge in [0.25, 0.3) is 0 Å². The monoisotopic (exact) mass is 407 g/mol. The summed E-state index contributed by atoms with van der Waals surface area (Å²) in [7, 11) is 4.01. The van der Waals surface area contributed by atoms with E-state index in [1.807, 2.05) is 31.1 Å². The molecule has 3 aromatic rings. The molecule has 1 aromatic carbocycles. The number of amides is 1. The molecule has 3 rings (SSSR count). The van der Waals surface area contributed by atoms with Crippen LogP contribution in [0, 0.1) is 13.8 Å². The average molecular weight is 408 g/mol. The van der Waals surface area contributed by atoms with Gasteiger partial charge in [-0.2, -0.15) is 0 Å². The fraction of sp³-hybridized carbons (Fsp3) is 0.368. The molecule has 0 aliphatic heterocycles. The smallest absolute Gasteiger partial charge is 0.234 e. The second kappa shape index (κ2) is 8.05. The number of anilines is 1. The maximum absolute atomic E-state index is 13.0. The summed E-state index contributed by atoms with van der Waals surface area (Å²) >= 11 is 9.05. The molecule has 0 saturated heterocycles. The van der Waals surface area contributed by atoms with Crippen molar-refractivity contribution in [1.29, 1.82) is 0 Å². The van der Waals surface area contributed by atoms with E-state index in [4.69, 9.17) is 16.6 Å². The van der Waals surface area contributed by atoms with E-state index in [-0.39, 0.29) is 5.91 Å². The van der Waals surface area contributed by atoms with Gasteiger partial charge in [-0.3, -0.25) is 9.69 Å². The van der Waals surface area contributed by atoms with E-state index in [9.17, 15) is 4.79 Å². The molecule has 0 spiro atoms. The topological polar surface area (TPSA) is 36.4 Å². The molecular weight excluding hydrogens is 386 g/mol. The number of rotatable bonds is 6. The molecule has 0 fully saturated rings. The first-order valence-electron chi connectivity index (χ1n) is 8.40. The van der Waals surface area contributed by atoms with E-state index in [1.165, 1.54) is 22.5 Å². The number of carbonyl (C=O) groups excluding carboxylic acids is 1. The molecule has 0 radical (unpaired) electrons. The Morgan fingerprint density at radius 2 is 1.92 bits per heavy atom. The van der Waals surface area contributed by atoms with Crippen LogP contribution in [-0.4, -0.2) is 43.0 Å². The van der Waals surface area contributed by atoms with Crippen molar-refractivity contribution in [3.63, 3.8) is 0 Å². The van der Waals surface area contributed by atoms with Crippen molar-refractivity contribution in [2.45, 2.75) is 20.3 Å². The van der Waals surface area contributed by atoms with Gasteiger partial charge >= 0.3 is 0 Å². The van der Waals surface area contributed by atoms with Gasteiger partial charge in [-0.05, 0) is 57.3 Å². The van der Waals surface area contributed by atoms with Crippen LogP contribution in [0.25, 0.3) is 10.2 Å². The Kier molecular flexibility index (Phi) is 5.97. The molecule has 0 aliphatic carbocycles. The zero-order valence-corrected chi connectivity index (χ0v) is 17.8. The quantitative estimate of drug-likeness (QED) is 0.590. The Labute approximate surface area is 167 Å². The highest BCUT2D eigenvalue weighted by atomic mass is 35.5. The second-order valence-electron chi connectivity index (χ2n) is 6.66. The number of hydrogen-bond donors (Lipinski definition) is 0. The minimum Gasteiger partial charge on any atom is -0.308 e. The Hall–Kier alpha value is -1.47. The van der Waals surface area contributed by atoms with Gasteiger partial charge in [0.15, 0.2) is 5.13 Å². The molecule has 2 heterocycles.